The quantitative estimate of drug-likeness (QED) is 0.478. The molecule has 0 saturated heterocycles. The van der Waals surface area contributed by atoms with Gasteiger partial charge in [-0.3, -0.25) is 4.57 Å². The van der Waals surface area contributed by atoms with Crippen molar-refractivity contribution < 1.29 is 4.39 Å². The molecule has 17 heavy (non-hydrogen) atoms. The van der Waals surface area contributed by atoms with Crippen LogP contribution in [0.15, 0.2) is 40.2 Å². The maximum Gasteiger partial charge on any atom is 0.349 e. The Morgan fingerprint density at radius 3 is 3.24 bits per heavy atom. The highest BCUT2D eigenvalue weighted by atomic mass is 32.2. The normalized spacial score (nSPS) is 18.5. The van der Waals surface area contributed by atoms with E-state index in [0.717, 1.165) is 5.75 Å². The number of allylic oxidation sites excluding steroid dienone is 1. The van der Waals surface area contributed by atoms with Crippen molar-refractivity contribution in [1.82, 2.24) is 9.55 Å². The lowest BCUT2D eigenvalue weighted by Gasteiger charge is -2.11. The van der Waals surface area contributed by atoms with E-state index in [1.54, 1.807) is 17.8 Å². The van der Waals surface area contributed by atoms with E-state index >= 15 is 0 Å². The van der Waals surface area contributed by atoms with Crippen LogP contribution in [0.3, 0.4) is 0 Å². The number of halogens is 1. The summed E-state index contributed by atoms with van der Waals surface area (Å²) in [6.07, 6.45) is 4.76. The maximum absolute atomic E-state index is 13.7. The van der Waals surface area contributed by atoms with Crippen molar-refractivity contribution in [2.45, 2.75) is 11.1 Å². The van der Waals surface area contributed by atoms with Crippen LogP contribution >= 0.6 is 23.5 Å². The van der Waals surface area contributed by atoms with Gasteiger partial charge in [-0.25, -0.2) is 9.18 Å². The van der Waals surface area contributed by atoms with Crippen LogP contribution in [0.5, 0.6) is 0 Å². The first-order chi connectivity index (χ1) is 8.22. The monoisotopic (exact) mass is 270 g/mol. The van der Waals surface area contributed by atoms with Crippen LogP contribution < -0.4 is 5.69 Å². The fraction of sp³-hybridized carbons (Fsp3) is 0.273. The molecule has 6 heteroatoms. The van der Waals surface area contributed by atoms with E-state index in [-0.39, 0.29) is 11.1 Å². The van der Waals surface area contributed by atoms with Gasteiger partial charge in [-0.05, 0) is 5.41 Å². The first-order valence-electron chi connectivity index (χ1n) is 5.03. The topological polar surface area (TPSA) is 34.9 Å². The SMILES string of the molecule is C=CCSc1nc(=O)n(C2C=CSC2)cc1F. The summed E-state index contributed by atoms with van der Waals surface area (Å²) in [6, 6.07) is -0.0899. The minimum atomic E-state index is -0.457. The van der Waals surface area contributed by atoms with E-state index < -0.39 is 11.5 Å². The van der Waals surface area contributed by atoms with Crippen molar-refractivity contribution in [3.8, 4) is 0 Å². The predicted molar refractivity (Wildman–Crippen MR) is 70.0 cm³/mol. The second-order valence-electron chi connectivity index (χ2n) is 3.41. The smallest absolute Gasteiger partial charge is 0.288 e. The summed E-state index contributed by atoms with van der Waals surface area (Å²) in [5.74, 6) is 0.828. The zero-order valence-electron chi connectivity index (χ0n) is 9.01. The van der Waals surface area contributed by atoms with Crippen LogP contribution in [0.25, 0.3) is 0 Å². The Balaban J connectivity index is 2.31. The molecule has 0 radical (unpaired) electrons. The van der Waals surface area contributed by atoms with Crippen molar-refractivity contribution in [3.05, 3.63) is 46.6 Å². The highest BCUT2D eigenvalue weighted by molar-refractivity contribution is 8.02. The second kappa shape index (κ2) is 5.55. The van der Waals surface area contributed by atoms with E-state index in [1.165, 1.54) is 22.5 Å². The molecule has 0 spiro atoms. The third-order valence-electron chi connectivity index (χ3n) is 2.23. The predicted octanol–water partition coefficient (Wildman–Crippen LogP) is 2.46. The molecule has 0 bridgehead atoms. The van der Waals surface area contributed by atoms with Gasteiger partial charge in [-0.2, -0.15) is 4.98 Å². The third kappa shape index (κ3) is 2.81. The van der Waals surface area contributed by atoms with Crippen LogP contribution in [0.1, 0.15) is 6.04 Å². The Morgan fingerprint density at radius 2 is 2.59 bits per heavy atom. The second-order valence-corrected chi connectivity index (χ2v) is 5.36. The maximum atomic E-state index is 13.7. The van der Waals surface area contributed by atoms with Gasteiger partial charge in [0.25, 0.3) is 0 Å². The van der Waals surface area contributed by atoms with Crippen molar-refractivity contribution in [3.63, 3.8) is 0 Å². The minimum absolute atomic E-state index is 0.0899. The van der Waals surface area contributed by atoms with Gasteiger partial charge in [0.1, 0.15) is 5.03 Å². The molecule has 0 N–H and O–H groups in total. The molecular weight excluding hydrogens is 259 g/mol. The van der Waals surface area contributed by atoms with Gasteiger partial charge in [0.05, 0.1) is 6.04 Å². The Bertz CT molecular complexity index is 513. The lowest BCUT2D eigenvalue weighted by molar-refractivity contribution is 0.523. The molecule has 3 nitrogen and oxygen atoms in total. The van der Waals surface area contributed by atoms with Crippen LogP contribution in [0, 0.1) is 5.82 Å². The van der Waals surface area contributed by atoms with Crippen molar-refractivity contribution in [1.29, 1.82) is 0 Å². The first-order valence-corrected chi connectivity index (χ1v) is 7.06. The summed E-state index contributed by atoms with van der Waals surface area (Å²) >= 11 is 2.77. The molecule has 1 aliphatic heterocycles. The lowest BCUT2D eigenvalue weighted by Crippen LogP contribution is -2.27. The van der Waals surface area contributed by atoms with Crippen molar-refractivity contribution >= 4 is 23.5 Å². The summed E-state index contributed by atoms with van der Waals surface area (Å²) in [4.78, 5) is 15.5. The standard InChI is InChI=1S/C11H11FN2OS2/c1-2-4-17-10-9(12)6-14(11(15)13-10)8-3-5-16-7-8/h2-3,5-6,8H,1,4,7H2. The van der Waals surface area contributed by atoms with Gasteiger partial charge >= 0.3 is 5.69 Å². The Hall–Kier alpha value is -1.01. The van der Waals surface area contributed by atoms with E-state index in [2.05, 4.69) is 11.6 Å². The molecule has 1 unspecified atom stereocenters. The van der Waals surface area contributed by atoms with Gasteiger partial charge in [0, 0.05) is 17.7 Å². The molecule has 90 valence electrons. The largest absolute Gasteiger partial charge is 0.349 e. The number of hydrogen-bond donors (Lipinski definition) is 0. The fourth-order valence-corrected chi connectivity index (χ4v) is 2.92. The van der Waals surface area contributed by atoms with Crippen LogP contribution in [-0.2, 0) is 0 Å². The highest BCUT2D eigenvalue weighted by Crippen LogP contribution is 2.24. The number of thioether (sulfide) groups is 2. The molecule has 0 aliphatic carbocycles. The molecule has 0 amide bonds. The minimum Gasteiger partial charge on any atom is -0.288 e. The number of hydrogen-bond acceptors (Lipinski definition) is 4. The fourth-order valence-electron chi connectivity index (χ4n) is 1.44. The molecule has 1 aliphatic rings. The molecule has 0 fully saturated rings. The molecule has 0 aromatic carbocycles. The average Bonchev–Trinajstić information content (AvgIpc) is 2.83. The molecular formula is C11H11FN2OS2. The average molecular weight is 270 g/mol. The highest BCUT2D eigenvalue weighted by Gasteiger charge is 2.16. The summed E-state index contributed by atoms with van der Waals surface area (Å²) in [5.41, 5.74) is -0.407. The third-order valence-corrected chi connectivity index (χ3v) is 4.08. The van der Waals surface area contributed by atoms with Gasteiger partial charge in [-0.15, -0.1) is 18.3 Å². The number of rotatable bonds is 4. The number of nitrogens with zero attached hydrogens (tertiary/aromatic N) is 2. The summed E-state index contributed by atoms with van der Waals surface area (Å²) in [6.45, 7) is 3.54. The zero-order valence-corrected chi connectivity index (χ0v) is 10.6. The van der Waals surface area contributed by atoms with E-state index in [9.17, 15) is 9.18 Å². The van der Waals surface area contributed by atoms with Gasteiger partial charge < -0.3 is 0 Å². The summed E-state index contributed by atoms with van der Waals surface area (Å²) in [5, 5.41) is 2.05. The van der Waals surface area contributed by atoms with Crippen LogP contribution in [-0.4, -0.2) is 21.1 Å². The van der Waals surface area contributed by atoms with Gasteiger partial charge in [0.15, 0.2) is 5.82 Å². The van der Waals surface area contributed by atoms with E-state index in [1.807, 2.05) is 11.5 Å². The molecule has 1 aromatic heterocycles. The Morgan fingerprint density at radius 1 is 1.76 bits per heavy atom. The van der Waals surface area contributed by atoms with Crippen LogP contribution in [0.2, 0.25) is 0 Å². The molecule has 1 atom stereocenters. The molecule has 1 aromatic rings. The molecule has 0 saturated carbocycles. The van der Waals surface area contributed by atoms with Crippen LogP contribution in [0.4, 0.5) is 4.39 Å². The van der Waals surface area contributed by atoms with Crippen molar-refractivity contribution in [2.75, 3.05) is 11.5 Å². The van der Waals surface area contributed by atoms with Gasteiger partial charge in [-0.1, -0.05) is 23.9 Å². The first kappa shape index (κ1) is 12.4. The summed E-state index contributed by atoms with van der Waals surface area (Å²) < 4.78 is 15.0. The number of aromatic nitrogens is 2. The van der Waals surface area contributed by atoms with Crippen molar-refractivity contribution in [2.24, 2.45) is 0 Å². The Kier molecular flexibility index (Phi) is 4.06. The Labute approximate surface area is 107 Å². The molecule has 2 heterocycles. The zero-order chi connectivity index (χ0) is 12.3. The van der Waals surface area contributed by atoms with E-state index in [0.29, 0.717) is 5.75 Å². The summed E-state index contributed by atoms with van der Waals surface area (Å²) in [7, 11) is 0. The van der Waals surface area contributed by atoms with Gasteiger partial charge in [0.2, 0.25) is 0 Å². The van der Waals surface area contributed by atoms with E-state index in [4.69, 9.17) is 0 Å². The lowest BCUT2D eigenvalue weighted by atomic mass is 10.3. The molecule has 2 rings (SSSR count).